The predicted octanol–water partition coefficient (Wildman–Crippen LogP) is 5.34. The second kappa shape index (κ2) is 9.33. The van der Waals surface area contributed by atoms with Crippen LogP contribution in [0.3, 0.4) is 0 Å². The first-order valence-electron chi connectivity index (χ1n) is 11.0. The van der Waals surface area contributed by atoms with Gasteiger partial charge in [-0.2, -0.15) is 0 Å². The number of hydrogen-bond acceptors (Lipinski definition) is 3. The lowest BCUT2D eigenvalue weighted by molar-refractivity contribution is -0.139. The van der Waals surface area contributed by atoms with Gasteiger partial charge in [0, 0.05) is 5.92 Å². The standard InChI is InChI=1S/C25H29NO4/c27-24(28)23(15-17-9-3-1-2-4-10-17)26-25(29)30-16-22-20-13-7-5-11-18(20)19-12-6-8-14-21(19)22/h5-8,11-14,17,22-23H,1-4,9-10,15-16H2,(H,26,29)(H,27,28)/t23-/m1/s1. The van der Waals surface area contributed by atoms with Crippen molar-refractivity contribution in [2.24, 2.45) is 5.92 Å². The SMILES string of the molecule is O=C(N[C@H](CC1CCCCCC1)C(=O)O)OCC1c2ccccc2-c2ccccc21. The van der Waals surface area contributed by atoms with Crippen LogP contribution in [0.4, 0.5) is 4.79 Å². The topological polar surface area (TPSA) is 75.6 Å². The molecule has 1 fully saturated rings. The summed E-state index contributed by atoms with van der Waals surface area (Å²) in [4.78, 5) is 24.2. The number of hydrogen-bond donors (Lipinski definition) is 2. The van der Waals surface area contributed by atoms with Crippen LogP contribution < -0.4 is 5.32 Å². The van der Waals surface area contributed by atoms with E-state index in [-0.39, 0.29) is 12.5 Å². The van der Waals surface area contributed by atoms with Crippen molar-refractivity contribution in [3.63, 3.8) is 0 Å². The van der Waals surface area contributed by atoms with Gasteiger partial charge in [-0.05, 0) is 34.6 Å². The number of alkyl carbamates (subject to hydrolysis) is 1. The Morgan fingerprint density at radius 2 is 1.50 bits per heavy atom. The zero-order chi connectivity index (χ0) is 20.9. The predicted molar refractivity (Wildman–Crippen MR) is 115 cm³/mol. The molecule has 1 amide bonds. The van der Waals surface area contributed by atoms with Gasteiger partial charge >= 0.3 is 12.1 Å². The Balaban J connectivity index is 1.38. The average Bonchev–Trinajstić information content (AvgIpc) is 2.88. The number of nitrogens with one attached hydrogen (secondary N) is 1. The summed E-state index contributed by atoms with van der Waals surface area (Å²) in [6, 6.07) is 15.4. The first-order valence-corrected chi connectivity index (χ1v) is 11.0. The Kier molecular flexibility index (Phi) is 6.36. The molecule has 2 aromatic rings. The average molecular weight is 408 g/mol. The summed E-state index contributed by atoms with van der Waals surface area (Å²) in [6.07, 6.45) is 6.61. The minimum absolute atomic E-state index is 0.0340. The van der Waals surface area contributed by atoms with Gasteiger partial charge in [0.1, 0.15) is 12.6 Å². The van der Waals surface area contributed by atoms with Crippen molar-refractivity contribution in [2.75, 3.05) is 6.61 Å². The number of carbonyl (C=O) groups excluding carboxylic acids is 1. The number of fused-ring (bicyclic) bond motifs is 3. The lowest BCUT2D eigenvalue weighted by Crippen LogP contribution is -2.42. The largest absolute Gasteiger partial charge is 0.480 e. The number of benzene rings is 2. The fourth-order valence-corrected chi connectivity index (χ4v) is 4.94. The second-order valence-corrected chi connectivity index (χ2v) is 8.45. The maximum Gasteiger partial charge on any atom is 0.407 e. The minimum atomic E-state index is -0.993. The van der Waals surface area contributed by atoms with Crippen LogP contribution in [-0.2, 0) is 9.53 Å². The van der Waals surface area contributed by atoms with Gasteiger partial charge in [-0.1, -0.05) is 87.1 Å². The molecule has 0 saturated heterocycles. The molecule has 0 radical (unpaired) electrons. The highest BCUT2D eigenvalue weighted by molar-refractivity contribution is 5.81. The number of amides is 1. The Morgan fingerprint density at radius 1 is 0.933 bits per heavy atom. The first-order chi connectivity index (χ1) is 14.6. The van der Waals surface area contributed by atoms with E-state index in [9.17, 15) is 14.7 Å². The molecule has 0 aromatic heterocycles. The third kappa shape index (κ3) is 4.50. The van der Waals surface area contributed by atoms with Crippen molar-refractivity contribution in [1.82, 2.24) is 5.32 Å². The maximum absolute atomic E-state index is 12.5. The van der Waals surface area contributed by atoms with Crippen LogP contribution in [0, 0.1) is 5.92 Å². The van der Waals surface area contributed by atoms with Crippen LogP contribution >= 0.6 is 0 Å². The van der Waals surface area contributed by atoms with Gasteiger partial charge in [0.05, 0.1) is 0 Å². The minimum Gasteiger partial charge on any atom is -0.480 e. The highest BCUT2D eigenvalue weighted by Crippen LogP contribution is 2.44. The fraction of sp³-hybridized carbons (Fsp3) is 0.440. The van der Waals surface area contributed by atoms with Gasteiger partial charge in [0.15, 0.2) is 0 Å². The van der Waals surface area contributed by atoms with Crippen molar-refractivity contribution in [2.45, 2.75) is 56.9 Å². The van der Waals surface area contributed by atoms with Gasteiger partial charge in [0.25, 0.3) is 0 Å². The highest BCUT2D eigenvalue weighted by Gasteiger charge is 2.30. The highest BCUT2D eigenvalue weighted by atomic mass is 16.5. The Hall–Kier alpha value is -2.82. The van der Waals surface area contributed by atoms with Crippen LogP contribution in [0.15, 0.2) is 48.5 Å². The molecule has 0 aliphatic heterocycles. The number of carboxylic acid groups (broad SMARTS) is 1. The smallest absolute Gasteiger partial charge is 0.407 e. The van der Waals surface area contributed by atoms with E-state index in [0.717, 1.165) is 36.8 Å². The molecule has 0 unspecified atom stereocenters. The molecule has 30 heavy (non-hydrogen) atoms. The van der Waals surface area contributed by atoms with E-state index in [4.69, 9.17) is 4.74 Å². The van der Waals surface area contributed by atoms with Gasteiger partial charge in [-0.15, -0.1) is 0 Å². The van der Waals surface area contributed by atoms with Crippen molar-refractivity contribution >= 4 is 12.1 Å². The zero-order valence-electron chi connectivity index (χ0n) is 17.2. The molecule has 2 aliphatic rings. The molecule has 4 rings (SSSR count). The molecule has 2 N–H and O–H groups in total. The molecular formula is C25H29NO4. The van der Waals surface area contributed by atoms with Crippen LogP contribution in [0.5, 0.6) is 0 Å². The van der Waals surface area contributed by atoms with Crippen LogP contribution in [0.25, 0.3) is 11.1 Å². The number of carboxylic acids is 1. The van der Waals surface area contributed by atoms with E-state index >= 15 is 0 Å². The Labute approximate surface area is 177 Å². The molecule has 0 heterocycles. The van der Waals surface area contributed by atoms with Crippen LogP contribution in [0.2, 0.25) is 0 Å². The van der Waals surface area contributed by atoms with E-state index in [1.807, 2.05) is 24.3 Å². The number of rotatable bonds is 6. The number of aliphatic carboxylic acids is 1. The summed E-state index contributed by atoms with van der Waals surface area (Å²) in [6.45, 7) is 0.190. The van der Waals surface area contributed by atoms with E-state index in [0.29, 0.717) is 12.3 Å². The van der Waals surface area contributed by atoms with Crippen molar-refractivity contribution in [3.8, 4) is 11.1 Å². The lowest BCUT2D eigenvalue weighted by Gasteiger charge is -2.21. The Bertz CT molecular complexity index is 856. The van der Waals surface area contributed by atoms with E-state index in [2.05, 4.69) is 29.6 Å². The molecule has 1 saturated carbocycles. The van der Waals surface area contributed by atoms with Crippen LogP contribution in [0.1, 0.15) is 62.0 Å². The number of ether oxygens (including phenoxy) is 1. The summed E-state index contributed by atoms with van der Waals surface area (Å²) >= 11 is 0. The summed E-state index contributed by atoms with van der Waals surface area (Å²) in [5.74, 6) is -0.677. The van der Waals surface area contributed by atoms with Gasteiger partial charge in [-0.25, -0.2) is 9.59 Å². The summed E-state index contributed by atoms with van der Waals surface area (Å²) in [5, 5.41) is 12.2. The van der Waals surface area contributed by atoms with E-state index in [1.165, 1.54) is 24.0 Å². The van der Waals surface area contributed by atoms with Crippen LogP contribution in [-0.4, -0.2) is 29.8 Å². The Morgan fingerprint density at radius 3 is 2.07 bits per heavy atom. The molecular weight excluding hydrogens is 378 g/mol. The maximum atomic E-state index is 12.5. The summed E-state index contributed by atoms with van der Waals surface area (Å²) in [5.41, 5.74) is 4.61. The fourth-order valence-electron chi connectivity index (χ4n) is 4.94. The molecule has 158 valence electrons. The zero-order valence-corrected chi connectivity index (χ0v) is 17.2. The third-order valence-electron chi connectivity index (χ3n) is 6.48. The third-order valence-corrected chi connectivity index (χ3v) is 6.48. The summed E-state index contributed by atoms with van der Waals surface area (Å²) < 4.78 is 5.52. The first kappa shape index (κ1) is 20.5. The second-order valence-electron chi connectivity index (χ2n) is 8.45. The normalized spacial score (nSPS) is 17.5. The monoisotopic (exact) mass is 407 g/mol. The molecule has 2 aliphatic carbocycles. The van der Waals surface area contributed by atoms with Crippen molar-refractivity contribution < 1.29 is 19.4 Å². The molecule has 5 nitrogen and oxygen atoms in total. The van der Waals surface area contributed by atoms with Crippen molar-refractivity contribution in [3.05, 3.63) is 59.7 Å². The summed E-state index contributed by atoms with van der Waals surface area (Å²) in [7, 11) is 0. The molecule has 5 heteroatoms. The van der Waals surface area contributed by atoms with E-state index < -0.39 is 18.1 Å². The molecule has 0 spiro atoms. The van der Waals surface area contributed by atoms with Gasteiger partial charge in [0.2, 0.25) is 0 Å². The van der Waals surface area contributed by atoms with Gasteiger partial charge in [-0.3, -0.25) is 0 Å². The molecule has 0 bridgehead atoms. The quantitative estimate of drug-likeness (QED) is 0.634. The van der Waals surface area contributed by atoms with Gasteiger partial charge < -0.3 is 15.2 Å². The molecule has 2 aromatic carbocycles. The number of carbonyl (C=O) groups is 2. The molecule has 1 atom stereocenters. The van der Waals surface area contributed by atoms with E-state index in [1.54, 1.807) is 0 Å². The van der Waals surface area contributed by atoms with Crippen molar-refractivity contribution in [1.29, 1.82) is 0 Å². The lowest BCUT2D eigenvalue weighted by atomic mass is 9.92.